The molecule has 0 fully saturated rings. The van der Waals surface area contributed by atoms with Gasteiger partial charge in [-0.2, -0.15) is 5.10 Å². The molecule has 0 atom stereocenters. The average molecular weight is 422 g/mol. The van der Waals surface area contributed by atoms with Crippen molar-refractivity contribution in [3.05, 3.63) is 53.8 Å². The predicted octanol–water partition coefficient (Wildman–Crippen LogP) is 2.40. The molecule has 1 aromatic carbocycles. The Morgan fingerprint density at radius 3 is 2.58 bits per heavy atom. The van der Waals surface area contributed by atoms with Gasteiger partial charge >= 0.3 is 0 Å². The first-order chi connectivity index (χ1) is 15.1. The number of benzene rings is 1. The van der Waals surface area contributed by atoms with E-state index in [-0.39, 0.29) is 6.61 Å². The molecule has 3 heterocycles. The number of nitrogens with zero attached hydrogens (tertiary/aromatic N) is 5. The van der Waals surface area contributed by atoms with E-state index in [1.807, 2.05) is 42.1 Å². The zero-order valence-corrected chi connectivity index (χ0v) is 17.9. The van der Waals surface area contributed by atoms with Crippen molar-refractivity contribution in [2.75, 3.05) is 32.7 Å². The van der Waals surface area contributed by atoms with Gasteiger partial charge in [0, 0.05) is 50.2 Å². The number of fused-ring (bicyclic) bond motifs is 1. The summed E-state index contributed by atoms with van der Waals surface area (Å²) in [6.45, 7) is 1.27. The maximum absolute atomic E-state index is 9.44. The summed E-state index contributed by atoms with van der Waals surface area (Å²) in [5, 5.41) is 17.1. The van der Waals surface area contributed by atoms with E-state index >= 15 is 0 Å². The number of hydrogen-bond donors (Lipinski definition) is 2. The lowest BCUT2D eigenvalue weighted by Gasteiger charge is -2.21. The van der Waals surface area contributed by atoms with Gasteiger partial charge in [0.2, 0.25) is 0 Å². The summed E-state index contributed by atoms with van der Waals surface area (Å²) in [6, 6.07) is 9.42. The molecule has 9 heteroatoms. The van der Waals surface area contributed by atoms with E-state index in [1.54, 1.807) is 31.2 Å². The molecule has 31 heavy (non-hydrogen) atoms. The van der Waals surface area contributed by atoms with E-state index in [2.05, 4.69) is 10.4 Å². The number of aliphatic hydroxyl groups is 1. The number of hydrogen-bond acceptors (Lipinski definition) is 7. The van der Waals surface area contributed by atoms with Crippen LogP contribution in [0.4, 0.5) is 17.2 Å². The number of nitrogens with one attached hydrogen (secondary N) is 1. The number of anilines is 1. The smallest absolute Gasteiger partial charge is 0.158 e. The molecular weight excluding hydrogens is 396 g/mol. The van der Waals surface area contributed by atoms with Gasteiger partial charge in [0.1, 0.15) is 17.0 Å². The number of aliphatic hydroxyl groups excluding tert-OH is 1. The van der Waals surface area contributed by atoms with Gasteiger partial charge in [-0.3, -0.25) is 4.68 Å². The van der Waals surface area contributed by atoms with Crippen molar-refractivity contribution in [3.8, 4) is 11.5 Å². The lowest BCUT2D eigenvalue weighted by Crippen LogP contribution is -2.26. The third-order valence-electron chi connectivity index (χ3n) is 5.02. The number of pyridine rings is 1. The fourth-order valence-electron chi connectivity index (χ4n) is 3.45. The summed E-state index contributed by atoms with van der Waals surface area (Å²) in [4.78, 5) is 9.75. The zero-order chi connectivity index (χ0) is 21.8. The van der Waals surface area contributed by atoms with E-state index in [0.29, 0.717) is 36.7 Å². The number of aliphatic imine (C=N–C) groups is 1. The molecule has 2 aromatic heterocycles. The Morgan fingerprint density at radius 2 is 1.94 bits per heavy atom. The third kappa shape index (κ3) is 4.46. The van der Waals surface area contributed by atoms with Crippen molar-refractivity contribution in [2.45, 2.75) is 13.0 Å². The second kappa shape index (κ2) is 9.05. The minimum absolute atomic E-state index is 0.0791. The van der Waals surface area contributed by atoms with Gasteiger partial charge in [-0.1, -0.05) is 0 Å². The monoisotopic (exact) mass is 422 g/mol. The highest BCUT2D eigenvalue weighted by molar-refractivity contribution is 6.06. The molecule has 1 aliphatic rings. The Kier molecular flexibility index (Phi) is 6.03. The molecule has 162 valence electrons. The highest BCUT2D eigenvalue weighted by Gasteiger charge is 2.17. The topological polar surface area (TPSA) is 98.2 Å². The van der Waals surface area contributed by atoms with Crippen molar-refractivity contribution >= 4 is 22.9 Å². The van der Waals surface area contributed by atoms with Gasteiger partial charge in [0.15, 0.2) is 5.82 Å². The summed E-state index contributed by atoms with van der Waals surface area (Å²) in [6.07, 6.45) is 4.34. The van der Waals surface area contributed by atoms with E-state index in [0.717, 1.165) is 28.3 Å². The second-order valence-corrected chi connectivity index (χ2v) is 7.16. The zero-order valence-electron chi connectivity index (χ0n) is 17.9. The second-order valence-electron chi connectivity index (χ2n) is 7.16. The van der Waals surface area contributed by atoms with Crippen LogP contribution in [0.1, 0.15) is 12.0 Å². The van der Waals surface area contributed by atoms with Crippen LogP contribution in [0.3, 0.4) is 0 Å². The van der Waals surface area contributed by atoms with Gasteiger partial charge < -0.3 is 24.5 Å². The van der Waals surface area contributed by atoms with Crippen LogP contribution < -0.4 is 20.3 Å². The van der Waals surface area contributed by atoms with Crippen molar-refractivity contribution < 1.29 is 14.6 Å². The minimum Gasteiger partial charge on any atom is -0.497 e. The Labute approximate surface area is 180 Å². The molecule has 2 N–H and O–H groups in total. The predicted molar refractivity (Wildman–Crippen MR) is 119 cm³/mol. The third-order valence-corrected chi connectivity index (χ3v) is 5.02. The summed E-state index contributed by atoms with van der Waals surface area (Å²) in [5.41, 5.74) is 4.22. The lowest BCUT2D eigenvalue weighted by molar-refractivity contribution is 0.279. The largest absolute Gasteiger partial charge is 0.497 e. The molecule has 4 rings (SSSR count). The van der Waals surface area contributed by atoms with Crippen LogP contribution >= 0.6 is 0 Å². The van der Waals surface area contributed by atoms with Gasteiger partial charge in [0.25, 0.3) is 0 Å². The van der Waals surface area contributed by atoms with Crippen molar-refractivity contribution in [1.82, 2.24) is 14.3 Å². The quantitative estimate of drug-likeness (QED) is 0.609. The normalized spacial score (nSPS) is 13.4. The molecule has 0 unspecified atom stereocenters. The van der Waals surface area contributed by atoms with Gasteiger partial charge in [-0.15, -0.1) is 0 Å². The molecule has 0 saturated heterocycles. The average Bonchev–Trinajstić information content (AvgIpc) is 3.23. The number of aryl methyl sites for hydroxylation is 1. The molecule has 0 amide bonds. The van der Waals surface area contributed by atoms with E-state index in [4.69, 9.17) is 19.5 Å². The Hall–Kier alpha value is -3.59. The first-order valence-corrected chi connectivity index (χ1v) is 10.0. The van der Waals surface area contributed by atoms with Crippen LogP contribution in [0, 0.1) is 0 Å². The molecule has 0 bridgehead atoms. The summed E-state index contributed by atoms with van der Waals surface area (Å²) in [5.74, 6) is 2.10. The van der Waals surface area contributed by atoms with Crippen molar-refractivity contribution in [1.29, 1.82) is 0 Å². The van der Waals surface area contributed by atoms with Gasteiger partial charge in [0.05, 0.1) is 44.0 Å². The van der Waals surface area contributed by atoms with E-state index in [1.165, 1.54) is 0 Å². The summed E-state index contributed by atoms with van der Waals surface area (Å²) in [7, 11) is 5.10. The first-order valence-electron chi connectivity index (χ1n) is 10.0. The number of aromatic nitrogens is 3. The van der Waals surface area contributed by atoms with Crippen molar-refractivity contribution in [2.24, 2.45) is 17.0 Å². The SMILES string of the molecule is COc1cc(N=c2ccc3c(n2CCCO)N=C(c2cnn(C)c2)CN3)cc(OC)c1. The Morgan fingerprint density at radius 1 is 1.16 bits per heavy atom. The number of rotatable bonds is 7. The van der Waals surface area contributed by atoms with Crippen LogP contribution in [0.5, 0.6) is 11.5 Å². The van der Waals surface area contributed by atoms with Crippen LogP contribution in [0.25, 0.3) is 0 Å². The number of ether oxygens (including phenoxy) is 2. The van der Waals surface area contributed by atoms with Crippen LogP contribution in [-0.4, -0.2) is 52.5 Å². The first kappa shape index (κ1) is 20.7. The fourth-order valence-corrected chi connectivity index (χ4v) is 3.45. The maximum atomic E-state index is 9.44. The molecule has 3 aromatic rings. The minimum atomic E-state index is 0.0791. The van der Waals surface area contributed by atoms with E-state index in [9.17, 15) is 5.11 Å². The molecule has 1 aliphatic heterocycles. The fraction of sp³-hybridized carbons (Fsp3) is 0.318. The van der Waals surface area contributed by atoms with Crippen LogP contribution in [-0.2, 0) is 13.6 Å². The molecular formula is C22H26N6O3. The Bertz CT molecular complexity index is 1160. The summed E-state index contributed by atoms with van der Waals surface area (Å²) >= 11 is 0. The summed E-state index contributed by atoms with van der Waals surface area (Å²) < 4.78 is 14.5. The highest BCUT2D eigenvalue weighted by atomic mass is 16.5. The molecule has 0 aliphatic carbocycles. The standard InChI is InChI=1S/C22H26N6O3/c1-27-14-15(12-24-27)20-13-23-19-5-6-21(28(7-4-8-29)22(19)26-20)25-16-9-17(30-2)11-18(10-16)31-3/h5-6,9-12,14,23,29H,4,7-8,13H2,1-3H3. The Balaban J connectivity index is 1.85. The maximum Gasteiger partial charge on any atom is 0.158 e. The van der Waals surface area contributed by atoms with Crippen LogP contribution in [0.15, 0.2) is 52.7 Å². The van der Waals surface area contributed by atoms with Gasteiger partial charge in [-0.05, 0) is 18.6 Å². The lowest BCUT2D eigenvalue weighted by atomic mass is 10.2. The van der Waals surface area contributed by atoms with E-state index < -0.39 is 0 Å². The van der Waals surface area contributed by atoms with Gasteiger partial charge in [-0.25, -0.2) is 9.98 Å². The number of methoxy groups -OCH3 is 2. The highest BCUT2D eigenvalue weighted by Crippen LogP contribution is 2.30. The molecule has 9 nitrogen and oxygen atoms in total. The molecule has 0 radical (unpaired) electrons. The molecule has 0 saturated carbocycles. The van der Waals surface area contributed by atoms with Crippen LogP contribution in [0.2, 0.25) is 0 Å². The van der Waals surface area contributed by atoms with Crippen molar-refractivity contribution in [3.63, 3.8) is 0 Å². The molecule has 0 spiro atoms.